The Labute approximate surface area is 171 Å². The molecule has 0 bridgehead atoms. The normalized spacial score (nSPS) is 11.8. The van der Waals surface area contributed by atoms with Gasteiger partial charge in [-0.1, -0.05) is 30.3 Å². The van der Waals surface area contributed by atoms with E-state index in [1.807, 2.05) is 6.07 Å². The first-order valence-corrected chi connectivity index (χ1v) is 10.6. The minimum Gasteiger partial charge on any atom is -0.385 e. The van der Waals surface area contributed by atoms with E-state index in [4.69, 9.17) is 9.47 Å². The van der Waals surface area contributed by atoms with Gasteiger partial charge < -0.3 is 25.0 Å². The summed E-state index contributed by atoms with van der Waals surface area (Å²) >= 11 is 0. The Morgan fingerprint density at radius 2 is 1.82 bits per heavy atom. The molecule has 0 aliphatic heterocycles. The Balaban J connectivity index is 2.06. The third-order valence-electron chi connectivity index (χ3n) is 4.36. The molecule has 1 rings (SSSR count). The number of hydrogen-bond acceptors (Lipinski definition) is 4. The van der Waals surface area contributed by atoms with E-state index in [1.165, 1.54) is 5.56 Å². The SMILES string of the molecule is CCNC(=NCCCCOCCc1ccccc1)NCCN(C)CCCOC. The Kier molecular flexibility index (Phi) is 15.2. The summed E-state index contributed by atoms with van der Waals surface area (Å²) in [5.74, 6) is 0.901. The summed E-state index contributed by atoms with van der Waals surface area (Å²) in [4.78, 5) is 6.96. The van der Waals surface area contributed by atoms with Gasteiger partial charge in [0.25, 0.3) is 0 Å². The fourth-order valence-electron chi connectivity index (χ4n) is 2.74. The van der Waals surface area contributed by atoms with Crippen LogP contribution in [0.25, 0.3) is 0 Å². The topological polar surface area (TPSA) is 58.1 Å². The summed E-state index contributed by atoms with van der Waals surface area (Å²) in [7, 11) is 3.89. The van der Waals surface area contributed by atoms with Crippen molar-refractivity contribution in [3.63, 3.8) is 0 Å². The molecule has 0 amide bonds. The van der Waals surface area contributed by atoms with Crippen LogP contribution in [0.1, 0.15) is 31.7 Å². The predicted octanol–water partition coefficient (Wildman–Crippen LogP) is 2.55. The third kappa shape index (κ3) is 13.5. The maximum Gasteiger partial charge on any atom is 0.191 e. The average Bonchev–Trinajstić information content (AvgIpc) is 2.71. The minimum absolute atomic E-state index is 0.787. The van der Waals surface area contributed by atoms with Crippen molar-refractivity contribution in [1.82, 2.24) is 15.5 Å². The van der Waals surface area contributed by atoms with Crippen LogP contribution in [0.4, 0.5) is 0 Å². The van der Waals surface area contributed by atoms with E-state index < -0.39 is 0 Å². The van der Waals surface area contributed by atoms with E-state index in [0.717, 1.165) is 84.2 Å². The summed E-state index contributed by atoms with van der Waals surface area (Å²) in [6.07, 6.45) is 4.13. The Bertz CT molecular complexity index is 497. The molecule has 0 heterocycles. The summed E-state index contributed by atoms with van der Waals surface area (Å²) in [6, 6.07) is 10.5. The molecule has 0 saturated carbocycles. The molecule has 1 aromatic carbocycles. The van der Waals surface area contributed by atoms with Gasteiger partial charge in [0.2, 0.25) is 0 Å². The second kappa shape index (κ2) is 17.5. The van der Waals surface area contributed by atoms with Gasteiger partial charge in [-0.25, -0.2) is 0 Å². The number of guanidine groups is 1. The highest BCUT2D eigenvalue weighted by molar-refractivity contribution is 5.79. The lowest BCUT2D eigenvalue weighted by molar-refractivity contribution is 0.134. The number of nitrogens with one attached hydrogen (secondary N) is 2. The van der Waals surface area contributed by atoms with Crippen LogP contribution in [0.2, 0.25) is 0 Å². The van der Waals surface area contributed by atoms with Gasteiger partial charge in [-0.2, -0.15) is 0 Å². The van der Waals surface area contributed by atoms with Gasteiger partial charge in [0.15, 0.2) is 5.96 Å². The van der Waals surface area contributed by atoms with Crippen molar-refractivity contribution in [2.24, 2.45) is 4.99 Å². The molecule has 0 aliphatic rings. The molecule has 0 spiro atoms. The number of ether oxygens (including phenoxy) is 2. The van der Waals surface area contributed by atoms with E-state index in [0.29, 0.717) is 0 Å². The number of benzene rings is 1. The van der Waals surface area contributed by atoms with Crippen molar-refractivity contribution < 1.29 is 9.47 Å². The second-order valence-corrected chi connectivity index (χ2v) is 6.89. The molecular weight excluding hydrogens is 352 g/mol. The zero-order valence-electron chi connectivity index (χ0n) is 18.1. The van der Waals surface area contributed by atoms with Gasteiger partial charge in [0, 0.05) is 53.0 Å². The molecule has 0 unspecified atom stereocenters. The molecule has 160 valence electrons. The van der Waals surface area contributed by atoms with Crippen LogP contribution in [-0.2, 0) is 15.9 Å². The number of likely N-dealkylation sites (N-methyl/N-ethyl adjacent to an activating group) is 1. The van der Waals surface area contributed by atoms with Gasteiger partial charge in [0.05, 0.1) is 6.61 Å². The highest BCUT2D eigenvalue weighted by Crippen LogP contribution is 2.00. The van der Waals surface area contributed by atoms with Crippen molar-refractivity contribution in [3.8, 4) is 0 Å². The number of rotatable bonds is 16. The lowest BCUT2D eigenvalue weighted by Crippen LogP contribution is -2.41. The summed E-state index contributed by atoms with van der Waals surface area (Å²) < 4.78 is 10.8. The number of hydrogen-bond donors (Lipinski definition) is 2. The largest absolute Gasteiger partial charge is 0.385 e. The monoisotopic (exact) mass is 392 g/mol. The van der Waals surface area contributed by atoms with Crippen molar-refractivity contribution in [3.05, 3.63) is 35.9 Å². The zero-order chi connectivity index (χ0) is 20.3. The summed E-state index contributed by atoms with van der Waals surface area (Å²) in [6.45, 7) is 9.12. The van der Waals surface area contributed by atoms with Gasteiger partial charge in [-0.3, -0.25) is 4.99 Å². The first-order valence-electron chi connectivity index (χ1n) is 10.6. The van der Waals surface area contributed by atoms with Gasteiger partial charge in [-0.15, -0.1) is 0 Å². The van der Waals surface area contributed by atoms with Crippen LogP contribution < -0.4 is 10.6 Å². The van der Waals surface area contributed by atoms with Crippen LogP contribution in [0.3, 0.4) is 0 Å². The molecule has 2 N–H and O–H groups in total. The van der Waals surface area contributed by atoms with Crippen LogP contribution in [-0.4, -0.2) is 77.6 Å². The highest BCUT2D eigenvalue weighted by atomic mass is 16.5. The lowest BCUT2D eigenvalue weighted by Gasteiger charge is -2.18. The van der Waals surface area contributed by atoms with E-state index >= 15 is 0 Å². The van der Waals surface area contributed by atoms with E-state index in [9.17, 15) is 0 Å². The highest BCUT2D eigenvalue weighted by Gasteiger charge is 2.00. The molecule has 6 nitrogen and oxygen atoms in total. The van der Waals surface area contributed by atoms with Crippen molar-refractivity contribution in [2.75, 3.05) is 66.7 Å². The van der Waals surface area contributed by atoms with Crippen molar-refractivity contribution in [2.45, 2.75) is 32.6 Å². The Hall–Kier alpha value is -1.63. The van der Waals surface area contributed by atoms with Crippen molar-refractivity contribution >= 4 is 5.96 Å². The average molecular weight is 393 g/mol. The Morgan fingerprint density at radius 1 is 1.00 bits per heavy atom. The quantitative estimate of drug-likeness (QED) is 0.257. The lowest BCUT2D eigenvalue weighted by atomic mass is 10.2. The van der Waals surface area contributed by atoms with Crippen LogP contribution in [0.15, 0.2) is 35.3 Å². The summed E-state index contributed by atoms with van der Waals surface area (Å²) in [5, 5.41) is 6.71. The molecule has 0 radical (unpaired) electrons. The zero-order valence-corrected chi connectivity index (χ0v) is 18.1. The molecule has 1 aromatic rings. The van der Waals surface area contributed by atoms with E-state index in [1.54, 1.807) is 7.11 Å². The first kappa shape index (κ1) is 24.4. The fraction of sp³-hybridized carbons (Fsp3) is 0.682. The van der Waals surface area contributed by atoms with Crippen LogP contribution in [0.5, 0.6) is 0 Å². The van der Waals surface area contributed by atoms with Gasteiger partial charge >= 0.3 is 0 Å². The molecule has 0 aromatic heterocycles. The van der Waals surface area contributed by atoms with Crippen LogP contribution >= 0.6 is 0 Å². The standard InChI is InChI=1S/C22H40N4O2/c1-4-23-22(25-15-17-26(2)16-10-18-27-3)24-14-8-9-19-28-20-13-21-11-6-5-7-12-21/h5-7,11-12H,4,8-10,13-20H2,1-3H3,(H2,23,24,25). The number of unbranched alkanes of at least 4 members (excludes halogenated alkanes) is 1. The fourth-order valence-corrected chi connectivity index (χ4v) is 2.74. The summed E-state index contributed by atoms with van der Waals surface area (Å²) in [5.41, 5.74) is 1.33. The predicted molar refractivity (Wildman–Crippen MR) is 118 cm³/mol. The Morgan fingerprint density at radius 3 is 2.57 bits per heavy atom. The number of aliphatic imine (C=N–C) groups is 1. The molecule has 28 heavy (non-hydrogen) atoms. The maximum absolute atomic E-state index is 5.73. The van der Waals surface area contributed by atoms with E-state index in [2.05, 4.69) is 58.8 Å². The molecule has 0 fully saturated rings. The molecule has 0 aliphatic carbocycles. The second-order valence-electron chi connectivity index (χ2n) is 6.89. The molecule has 0 saturated heterocycles. The molecule has 0 atom stereocenters. The van der Waals surface area contributed by atoms with Crippen molar-refractivity contribution in [1.29, 1.82) is 0 Å². The van der Waals surface area contributed by atoms with Crippen LogP contribution in [0, 0.1) is 0 Å². The van der Waals surface area contributed by atoms with Gasteiger partial charge in [0.1, 0.15) is 0 Å². The first-order chi connectivity index (χ1) is 13.8. The number of nitrogens with zero attached hydrogens (tertiary/aromatic N) is 2. The molecule has 6 heteroatoms. The molecular formula is C22H40N4O2. The third-order valence-corrected chi connectivity index (χ3v) is 4.36. The van der Waals surface area contributed by atoms with E-state index in [-0.39, 0.29) is 0 Å². The minimum atomic E-state index is 0.787. The smallest absolute Gasteiger partial charge is 0.191 e. The maximum atomic E-state index is 5.73. The number of methoxy groups -OCH3 is 1. The van der Waals surface area contributed by atoms with Gasteiger partial charge in [-0.05, 0) is 45.2 Å².